The third kappa shape index (κ3) is 5.60. The van der Waals surface area contributed by atoms with Crippen LogP contribution in [0.4, 0.5) is 22.0 Å². The van der Waals surface area contributed by atoms with Crippen LogP contribution < -0.4 is 5.32 Å². The second kappa shape index (κ2) is 8.99. The fraction of sp³-hybridized carbons (Fsp3) is 0.250. The minimum absolute atomic E-state index is 0.0267. The number of sulfone groups is 1. The van der Waals surface area contributed by atoms with E-state index in [4.69, 9.17) is 23.2 Å². The molecular formula is C20H14Cl2F5NO3S. The highest BCUT2D eigenvalue weighted by molar-refractivity contribution is 7.92. The zero-order valence-electron chi connectivity index (χ0n) is 15.9. The second-order valence-electron chi connectivity index (χ2n) is 7.16. The Kier molecular flexibility index (Phi) is 6.88. The molecule has 3 rings (SSSR count). The minimum atomic E-state index is -4.78. The molecule has 1 fully saturated rings. The predicted octanol–water partition coefficient (Wildman–Crippen LogP) is 5.16. The van der Waals surface area contributed by atoms with Gasteiger partial charge in [-0.05, 0) is 35.4 Å². The summed E-state index contributed by atoms with van der Waals surface area (Å²) in [5.41, 5.74) is -0.758. The molecule has 1 atom stereocenters. The summed E-state index contributed by atoms with van der Waals surface area (Å²) in [4.78, 5) is 12.1. The number of nitrogens with one attached hydrogen (secondary N) is 1. The Hall–Kier alpha value is -2.17. The lowest BCUT2D eigenvalue weighted by Crippen LogP contribution is -2.53. The standard InChI is InChI=1S/C20H14Cl2F5NO3S/c21-15-6-11(7-16(22)18(15)24)14(20(25,26)27)4-2-10-1-3-13(17(23)5-10)19(29)28-12-8-32(30,31)9-12/h1-7,12,14H,8-9H2,(H,28,29)/b4-2+. The molecule has 0 radical (unpaired) electrons. The first-order chi connectivity index (χ1) is 14.8. The maximum atomic E-state index is 14.3. The summed E-state index contributed by atoms with van der Waals surface area (Å²) in [6.45, 7) is 0. The molecule has 0 bridgehead atoms. The average molecular weight is 514 g/mol. The van der Waals surface area contributed by atoms with Gasteiger partial charge in [-0.3, -0.25) is 4.79 Å². The van der Waals surface area contributed by atoms with Crippen LogP contribution in [0.15, 0.2) is 36.4 Å². The first-order valence-electron chi connectivity index (χ1n) is 8.97. The van der Waals surface area contributed by atoms with Gasteiger partial charge in [-0.2, -0.15) is 13.2 Å². The van der Waals surface area contributed by atoms with Crippen molar-refractivity contribution in [2.45, 2.75) is 18.1 Å². The van der Waals surface area contributed by atoms with Crippen LogP contribution in [0.25, 0.3) is 6.08 Å². The molecule has 1 aliphatic heterocycles. The van der Waals surface area contributed by atoms with Crippen LogP contribution in [-0.4, -0.2) is 38.0 Å². The van der Waals surface area contributed by atoms with E-state index in [0.29, 0.717) is 0 Å². The molecule has 1 aliphatic rings. The molecule has 1 unspecified atom stereocenters. The average Bonchev–Trinajstić information content (AvgIpc) is 2.63. The molecule has 1 N–H and O–H groups in total. The van der Waals surface area contributed by atoms with Crippen molar-refractivity contribution in [3.8, 4) is 0 Å². The lowest BCUT2D eigenvalue weighted by atomic mass is 9.96. The van der Waals surface area contributed by atoms with Gasteiger partial charge in [-0.1, -0.05) is 41.4 Å². The smallest absolute Gasteiger partial charge is 0.347 e. The number of carbonyl (C=O) groups is 1. The maximum absolute atomic E-state index is 14.3. The van der Waals surface area contributed by atoms with Gasteiger partial charge in [0.1, 0.15) is 5.82 Å². The largest absolute Gasteiger partial charge is 0.399 e. The van der Waals surface area contributed by atoms with E-state index in [1.807, 2.05) is 0 Å². The zero-order chi connectivity index (χ0) is 23.8. The van der Waals surface area contributed by atoms with Gasteiger partial charge in [0.2, 0.25) is 0 Å². The molecule has 12 heteroatoms. The topological polar surface area (TPSA) is 63.2 Å². The summed E-state index contributed by atoms with van der Waals surface area (Å²) in [6.07, 6.45) is -3.05. The number of hydrogen-bond donors (Lipinski definition) is 1. The van der Waals surface area contributed by atoms with Crippen LogP contribution in [0.5, 0.6) is 0 Å². The summed E-state index contributed by atoms with van der Waals surface area (Å²) in [6, 6.07) is 4.16. The van der Waals surface area contributed by atoms with Gasteiger partial charge in [0, 0.05) is 0 Å². The first kappa shape index (κ1) is 24.5. The van der Waals surface area contributed by atoms with Crippen LogP contribution in [0.1, 0.15) is 27.4 Å². The van der Waals surface area contributed by atoms with Crippen molar-refractivity contribution in [3.63, 3.8) is 0 Å². The molecule has 0 aromatic heterocycles. The summed E-state index contributed by atoms with van der Waals surface area (Å²) < 4.78 is 90.8. The quantitative estimate of drug-likeness (QED) is 0.443. The molecule has 1 amide bonds. The maximum Gasteiger partial charge on any atom is 0.399 e. The molecule has 0 aliphatic carbocycles. The summed E-state index contributed by atoms with van der Waals surface area (Å²) in [7, 11) is -3.18. The molecule has 172 valence electrons. The Morgan fingerprint density at radius 3 is 2.19 bits per heavy atom. The lowest BCUT2D eigenvalue weighted by molar-refractivity contribution is -0.139. The van der Waals surface area contributed by atoms with Crippen LogP contribution in [-0.2, 0) is 9.84 Å². The third-order valence-electron chi connectivity index (χ3n) is 4.68. The number of hydrogen-bond acceptors (Lipinski definition) is 3. The predicted molar refractivity (Wildman–Crippen MR) is 111 cm³/mol. The molecule has 0 spiro atoms. The van der Waals surface area contributed by atoms with Gasteiger partial charge in [-0.25, -0.2) is 17.2 Å². The van der Waals surface area contributed by atoms with Crippen molar-refractivity contribution in [1.82, 2.24) is 5.32 Å². The van der Waals surface area contributed by atoms with E-state index < -0.39 is 61.1 Å². The van der Waals surface area contributed by atoms with Gasteiger partial charge in [-0.15, -0.1) is 0 Å². The Balaban J connectivity index is 1.81. The zero-order valence-corrected chi connectivity index (χ0v) is 18.2. The van der Waals surface area contributed by atoms with Crippen molar-refractivity contribution in [2.75, 3.05) is 11.5 Å². The Morgan fingerprint density at radius 2 is 1.69 bits per heavy atom. The van der Waals surface area contributed by atoms with Crippen molar-refractivity contribution in [1.29, 1.82) is 0 Å². The van der Waals surface area contributed by atoms with E-state index in [0.717, 1.165) is 36.4 Å². The van der Waals surface area contributed by atoms with E-state index in [-0.39, 0.29) is 22.6 Å². The van der Waals surface area contributed by atoms with E-state index >= 15 is 0 Å². The van der Waals surface area contributed by atoms with Crippen LogP contribution in [0.2, 0.25) is 10.0 Å². The number of amides is 1. The highest BCUT2D eigenvalue weighted by atomic mass is 35.5. The first-order valence-corrected chi connectivity index (χ1v) is 11.5. The van der Waals surface area contributed by atoms with Crippen molar-refractivity contribution >= 4 is 45.0 Å². The van der Waals surface area contributed by atoms with E-state index in [1.165, 1.54) is 6.07 Å². The van der Waals surface area contributed by atoms with E-state index in [1.54, 1.807) is 0 Å². The molecule has 32 heavy (non-hydrogen) atoms. The molecular weight excluding hydrogens is 500 g/mol. The van der Waals surface area contributed by atoms with Crippen molar-refractivity contribution in [3.05, 3.63) is 74.8 Å². The number of allylic oxidation sites excluding steroid dienone is 1. The lowest BCUT2D eigenvalue weighted by Gasteiger charge is -2.26. The van der Waals surface area contributed by atoms with Gasteiger partial charge in [0.15, 0.2) is 15.7 Å². The van der Waals surface area contributed by atoms with Crippen LogP contribution in [0.3, 0.4) is 0 Å². The highest BCUT2D eigenvalue weighted by Gasteiger charge is 2.39. The van der Waals surface area contributed by atoms with Gasteiger partial charge in [0.25, 0.3) is 5.91 Å². The molecule has 4 nitrogen and oxygen atoms in total. The molecule has 2 aromatic carbocycles. The van der Waals surface area contributed by atoms with E-state index in [9.17, 15) is 35.2 Å². The molecule has 1 saturated heterocycles. The fourth-order valence-corrected chi connectivity index (χ4v) is 4.90. The SMILES string of the molecule is O=C(NC1CS(=O)(=O)C1)c1ccc(/C=C/C(c2cc(Cl)c(F)c(Cl)c2)C(F)(F)F)cc1F. The Labute approximate surface area is 189 Å². The fourth-order valence-electron chi connectivity index (χ4n) is 3.10. The second-order valence-corrected chi connectivity index (χ2v) is 10.1. The number of carbonyl (C=O) groups excluding carboxylic acids is 1. The van der Waals surface area contributed by atoms with Crippen LogP contribution >= 0.6 is 23.2 Å². The third-order valence-corrected chi connectivity index (χ3v) is 7.05. The van der Waals surface area contributed by atoms with E-state index in [2.05, 4.69) is 5.32 Å². The van der Waals surface area contributed by atoms with Crippen molar-refractivity contribution < 1.29 is 35.2 Å². The minimum Gasteiger partial charge on any atom is -0.347 e. The Morgan fingerprint density at radius 1 is 1.09 bits per heavy atom. The number of rotatable bonds is 5. The summed E-state index contributed by atoms with van der Waals surface area (Å²) >= 11 is 11.2. The number of alkyl halides is 3. The van der Waals surface area contributed by atoms with Crippen LogP contribution in [0, 0.1) is 11.6 Å². The monoisotopic (exact) mass is 513 g/mol. The normalized spacial score (nSPS) is 17.2. The van der Waals surface area contributed by atoms with Crippen molar-refractivity contribution in [2.24, 2.45) is 0 Å². The molecule has 0 saturated carbocycles. The molecule has 2 aromatic rings. The summed E-state index contributed by atoms with van der Waals surface area (Å²) in [5, 5.41) is 1.23. The van der Waals surface area contributed by atoms with Gasteiger partial charge >= 0.3 is 6.18 Å². The van der Waals surface area contributed by atoms with Gasteiger partial charge < -0.3 is 5.32 Å². The Bertz CT molecular complexity index is 1160. The number of halogens is 7. The summed E-state index contributed by atoms with van der Waals surface area (Å²) in [5.74, 6) is -5.55. The number of benzene rings is 2. The molecule has 1 heterocycles. The highest BCUT2D eigenvalue weighted by Crippen LogP contribution is 2.39. The van der Waals surface area contributed by atoms with Gasteiger partial charge in [0.05, 0.1) is 39.1 Å².